The second kappa shape index (κ2) is 7.81. The first kappa shape index (κ1) is 15.5. The predicted molar refractivity (Wildman–Crippen MR) is 78.5 cm³/mol. The van der Waals surface area contributed by atoms with E-state index in [2.05, 4.69) is 12.2 Å². The van der Waals surface area contributed by atoms with Crippen molar-refractivity contribution in [3.05, 3.63) is 24.2 Å². The van der Waals surface area contributed by atoms with Crippen LogP contribution >= 0.6 is 0 Å². The SMILES string of the molecule is CC1CCCC(OCC(O)CN[C@@H](C)c2ccco2)C1. The van der Waals surface area contributed by atoms with Gasteiger partial charge in [0.05, 0.1) is 31.1 Å². The molecule has 0 saturated heterocycles. The number of aliphatic hydroxyl groups is 1. The molecule has 0 aliphatic heterocycles. The fourth-order valence-electron chi connectivity index (χ4n) is 2.79. The van der Waals surface area contributed by atoms with E-state index in [4.69, 9.17) is 9.15 Å². The highest BCUT2D eigenvalue weighted by molar-refractivity contribution is 5.02. The van der Waals surface area contributed by atoms with E-state index in [9.17, 15) is 5.11 Å². The Kier molecular flexibility index (Phi) is 6.07. The summed E-state index contributed by atoms with van der Waals surface area (Å²) in [5, 5.41) is 13.2. The zero-order valence-electron chi connectivity index (χ0n) is 12.5. The summed E-state index contributed by atoms with van der Waals surface area (Å²) < 4.78 is 11.1. The van der Waals surface area contributed by atoms with Crippen molar-refractivity contribution in [1.82, 2.24) is 5.32 Å². The second-order valence-corrected chi connectivity index (χ2v) is 6.03. The lowest BCUT2D eigenvalue weighted by atomic mass is 9.89. The number of rotatable bonds is 7. The highest BCUT2D eigenvalue weighted by Crippen LogP contribution is 2.25. The van der Waals surface area contributed by atoms with E-state index in [0.29, 0.717) is 19.3 Å². The molecule has 1 saturated carbocycles. The minimum Gasteiger partial charge on any atom is -0.468 e. The molecule has 0 spiro atoms. The maximum Gasteiger partial charge on any atom is 0.120 e. The van der Waals surface area contributed by atoms with Crippen LogP contribution in [0.5, 0.6) is 0 Å². The van der Waals surface area contributed by atoms with Crippen LogP contribution < -0.4 is 5.32 Å². The summed E-state index contributed by atoms with van der Waals surface area (Å²) in [5.74, 6) is 1.64. The molecule has 4 nitrogen and oxygen atoms in total. The van der Waals surface area contributed by atoms with Crippen LogP contribution in [-0.4, -0.2) is 30.5 Å². The number of ether oxygens (including phenoxy) is 1. The van der Waals surface area contributed by atoms with Crippen molar-refractivity contribution >= 4 is 0 Å². The van der Waals surface area contributed by atoms with Crippen LogP contribution in [0.15, 0.2) is 22.8 Å². The van der Waals surface area contributed by atoms with Gasteiger partial charge >= 0.3 is 0 Å². The zero-order chi connectivity index (χ0) is 14.4. The van der Waals surface area contributed by atoms with Crippen LogP contribution in [-0.2, 0) is 4.74 Å². The fourth-order valence-corrected chi connectivity index (χ4v) is 2.79. The van der Waals surface area contributed by atoms with Crippen LogP contribution in [0.2, 0.25) is 0 Å². The monoisotopic (exact) mass is 281 g/mol. The summed E-state index contributed by atoms with van der Waals surface area (Å²) in [6.07, 6.45) is 6.34. The van der Waals surface area contributed by atoms with Gasteiger partial charge in [-0.2, -0.15) is 0 Å². The minimum atomic E-state index is -0.468. The zero-order valence-corrected chi connectivity index (χ0v) is 12.5. The molecule has 0 aromatic carbocycles. The van der Waals surface area contributed by atoms with Crippen molar-refractivity contribution in [2.24, 2.45) is 5.92 Å². The number of hydrogen-bond acceptors (Lipinski definition) is 4. The van der Waals surface area contributed by atoms with Crippen molar-refractivity contribution < 1.29 is 14.3 Å². The summed E-state index contributed by atoms with van der Waals surface area (Å²) in [4.78, 5) is 0. The highest BCUT2D eigenvalue weighted by atomic mass is 16.5. The van der Waals surface area contributed by atoms with Gasteiger partial charge in [-0.05, 0) is 37.8 Å². The van der Waals surface area contributed by atoms with Crippen molar-refractivity contribution in [2.45, 2.75) is 57.8 Å². The van der Waals surface area contributed by atoms with Gasteiger partial charge in [-0.1, -0.05) is 19.8 Å². The summed E-state index contributed by atoms with van der Waals surface area (Å²) in [5.41, 5.74) is 0. The molecular weight excluding hydrogens is 254 g/mol. The highest BCUT2D eigenvalue weighted by Gasteiger charge is 2.20. The van der Waals surface area contributed by atoms with Gasteiger partial charge in [0.15, 0.2) is 0 Å². The first-order chi connectivity index (χ1) is 9.65. The molecule has 114 valence electrons. The molecule has 1 aliphatic rings. The average Bonchev–Trinajstić information content (AvgIpc) is 2.97. The fraction of sp³-hybridized carbons (Fsp3) is 0.750. The third-order valence-corrected chi connectivity index (χ3v) is 4.04. The van der Waals surface area contributed by atoms with Gasteiger partial charge in [-0.25, -0.2) is 0 Å². The second-order valence-electron chi connectivity index (χ2n) is 6.03. The van der Waals surface area contributed by atoms with E-state index in [0.717, 1.165) is 24.5 Å². The molecule has 0 bridgehead atoms. The molecule has 0 radical (unpaired) electrons. The van der Waals surface area contributed by atoms with Gasteiger partial charge in [-0.15, -0.1) is 0 Å². The lowest BCUT2D eigenvalue weighted by Gasteiger charge is -2.27. The smallest absolute Gasteiger partial charge is 0.120 e. The maximum atomic E-state index is 9.97. The Morgan fingerprint density at radius 2 is 2.35 bits per heavy atom. The Bertz CT molecular complexity index is 366. The van der Waals surface area contributed by atoms with Crippen LogP contribution in [0.1, 0.15) is 51.3 Å². The van der Waals surface area contributed by atoms with Crippen molar-refractivity contribution in [1.29, 1.82) is 0 Å². The average molecular weight is 281 g/mol. The molecule has 4 heteroatoms. The van der Waals surface area contributed by atoms with Crippen LogP contribution in [0.3, 0.4) is 0 Å². The lowest BCUT2D eigenvalue weighted by molar-refractivity contribution is -0.0312. The Morgan fingerprint density at radius 3 is 3.05 bits per heavy atom. The molecule has 1 aromatic rings. The standard InChI is InChI=1S/C16H27NO3/c1-12-5-3-6-15(9-12)20-11-14(18)10-17-13(2)16-7-4-8-19-16/h4,7-8,12-15,17-18H,3,5-6,9-11H2,1-2H3/t12?,13-,14?,15?/m0/s1. The third kappa shape index (κ3) is 4.93. The molecule has 3 unspecified atom stereocenters. The Hall–Kier alpha value is -0.840. The summed E-state index contributed by atoms with van der Waals surface area (Å²) in [6, 6.07) is 3.91. The summed E-state index contributed by atoms with van der Waals surface area (Å²) in [6.45, 7) is 5.23. The normalized spacial score (nSPS) is 26.4. The lowest BCUT2D eigenvalue weighted by Crippen LogP contribution is -2.34. The number of aliphatic hydroxyl groups excluding tert-OH is 1. The number of nitrogens with one attached hydrogen (secondary N) is 1. The Morgan fingerprint density at radius 1 is 1.50 bits per heavy atom. The predicted octanol–water partition coefficient (Wildman–Crippen LogP) is 2.89. The van der Waals surface area contributed by atoms with Crippen LogP contribution in [0.4, 0.5) is 0 Å². The first-order valence-corrected chi connectivity index (χ1v) is 7.71. The van der Waals surface area contributed by atoms with E-state index in [1.165, 1.54) is 12.8 Å². The van der Waals surface area contributed by atoms with E-state index < -0.39 is 6.10 Å². The molecular formula is C16H27NO3. The summed E-state index contributed by atoms with van der Waals surface area (Å²) in [7, 11) is 0. The minimum absolute atomic E-state index is 0.106. The van der Waals surface area contributed by atoms with Crippen molar-refractivity contribution in [2.75, 3.05) is 13.2 Å². The van der Waals surface area contributed by atoms with Gasteiger partial charge in [0.1, 0.15) is 5.76 Å². The van der Waals surface area contributed by atoms with E-state index in [-0.39, 0.29) is 6.04 Å². The quantitative estimate of drug-likeness (QED) is 0.807. The molecule has 1 aromatic heterocycles. The molecule has 1 fully saturated rings. The van der Waals surface area contributed by atoms with Gasteiger partial charge in [0, 0.05) is 6.54 Å². The molecule has 2 N–H and O–H groups in total. The summed E-state index contributed by atoms with van der Waals surface area (Å²) >= 11 is 0. The molecule has 1 aliphatic carbocycles. The Balaban J connectivity index is 1.61. The molecule has 0 amide bonds. The van der Waals surface area contributed by atoms with E-state index in [1.54, 1.807) is 6.26 Å². The van der Waals surface area contributed by atoms with Gasteiger partial charge < -0.3 is 19.6 Å². The molecule has 1 heterocycles. The maximum absolute atomic E-state index is 9.97. The van der Waals surface area contributed by atoms with Gasteiger partial charge in [-0.3, -0.25) is 0 Å². The van der Waals surface area contributed by atoms with Crippen molar-refractivity contribution in [3.8, 4) is 0 Å². The van der Waals surface area contributed by atoms with Gasteiger partial charge in [0.25, 0.3) is 0 Å². The van der Waals surface area contributed by atoms with Gasteiger partial charge in [0.2, 0.25) is 0 Å². The number of furan rings is 1. The Labute approximate surface area is 121 Å². The first-order valence-electron chi connectivity index (χ1n) is 7.71. The van der Waals surface area contributed by atoms with E-state index >= 15 is 0 Å². The van der Waals surface area contributed by atoms with Crippen LogP contribution in [0.25, 0.3) is 0 Å². The van der Waals surface area contributed by atoms with Crippen molar-refractivity contribution in [3.63, 3.8) is 0 Å². The van der Waals surface area contributed by atoms with Crippen LogP contribution in [0, 0.1) is 5.92 Å². The third-order valence-electron chi connectivity index (χ3n) is 4.04. The number of hydrogen-bond donors (Lipinski definition) is 2. The molecule has 2 rings (SSSR count). The van der Waals surface area contributed by atoms with E-state index in [1.807, 2.05) is 19.1 Å². The topological polar surface area (TPSA) is 54.6 Å². The molecule has 20 heavy (non-hydrogen) atoms. The molecule has 4 atom stereocenters. The largest absolute Gasteiger partial charge is 0.468 e.